The molecule has 0 spiro atoms. The van der Waals surface area contributed by atoms with Crippen molar-refractivity contribution < 1.29 is 13.2 Å². The maximum Gasteiger partial charge on any atom is 0.416 e. The second-order valence-electron chi connectivity index (χ2n) is 4.71. The molecule has 2 N–H and O–H groups in total. The van der Waals surface area contributed by atoms with E-state index in [2.05, 4.69) is 15.8 Å². The number of alkyl halides is 3. The number of thiocarbonyl (C=S) groups is 1. The van der Waals surface area contributed by atoms with Crippen LogP contribution in [0.25, 0.3) is 0 Å². The van der Waals surface area contributed by atoms with Gasteiger partial charge in [0.05, 0.1) is 11.3 Å². The van der Waals surface area contributed by atoms with E-state index in [1.54, 1.807) is 6.92 Å². The van der Waals surface area contributed by atoms with E-state index in [1.165, 1.54) is 12.1 Å². The summed E-state index contributed by atoms with van der Waals surface area (Å²) in [4.78, 5) is 0. The highest BCUT2D eigenvalue weighted by Gasteiger charge is 2.30. The van der Waals surface area contributed by atoms with Gasteiger partial charge in [-0.15, -0.1) is 0 Å². The van der Waals surface area contributed by atoms with Crippen LogP contribution in [0.1, 0.15) is 18.1 Å². The summed E-state index contributed by atoms with van der Waals surface area (Å²) in [6, 6.07) is 14.2. The Bertz CT molecular complexity index is 712. The van der Waals surface area contributed by atoms with Gasteiger partial charge in [-0.1, -0.05) is 36.4 Å². The largest absolute Gasteiger partial charge is 0.416 e. The molecule has 0 saturated carbocycles. The van der Waals surface area contributed by atoms with E-state index in [-0.39, 0.29) is 10.8 Å². The van der Waals surface area contributed by atoms with E-state index < -0.39 is 11.7 Å². The third-order valence-corrected chi connectivity index (χ3v) is 3.16. The zero-order valence-corrected chi connectivity index (χ0v) is 13.0. The van der Waals surface area contributed by atoms with E-state index in [0.717, 1.165) is 17.7 Å². The fraction of sp³-hybridized carbons (Fsp3) is 0.125. The van der Waals surface area contributed by atoms with E-state index in [9.17, 15) is 13.2 Å². The van der Waals surface area contributed by atoms with Gasteiger partial charge in [-0.25, -0.2) is 0 Å². The summed E-state index contributed by atoms with van der Waals surface area (Å²) < 4.78 is 37.9. The van der Waals surface area contributed by atoms with E-state index in [0.29, 0.717) is 5.71 Å². The zero-order chi connectivity index (χ0) is 16.9. The van der Waals surface area contributed by atoms with Gasteiger partial charge in [-0.2, -0.15) is 18.3 Å². The molecule has 23 heavy (non-hydrogen) atoms. The summed E-state index contributed by atoms with van der Waals surface area (Å²) in [5.74, 6) is 0. The van der Waals surface area contributed by atoms with Crippen molar-refractivity contribution in [2.45, 2.75) is 13.1 Å². The number of benzene rings is 2. The number of halogens is 3. The van der Waals surface area contributed by atoms with Crippen LogP contribution in [0.15, 0.2) is 59.7 Å². The first-order valence-electron chi connectivity index (χ1n) is 6.70. The van der Waals surface area contributed by atoms with Gasteiger partial charge in [0.25, 0.3) is 0 Å². The van der Waals surface area contributed by atoms with Crippen molar-refractivity contribution >= 4 is 28.7 Å². The molecule has 0 aliphatic rings. The number of nitrogens with one attached hydrogen (secondary N) is 2. The Morgan fingerprint density at radius 2 is 1.74 bits per heavy atom. The molecule has 0 aromatic heterocycles. The summed E-state index contributed by atoms with van der Waals surface area (Å²) in [5, 5.41) is 6.89. The van der Waals surface area contributed by atoms with Crippen molar-refractivity contribution in [3.8, 4) is 0 Å². The second kappa shape index (κ2) is 7.23. The third-order valence-electron chi connectivity index (χ3n) is 2.96. The van der Waals surface area contributed by atoms with Crippen molar-refractivity contribution in [3.05, 3.63) is 65.7 Å². The average molecular weight is 337 g/mol. The lowest BCUT2D eigenvalue weighted by Gasteiger charge is -2.11. The van der Waals surface area contributed by atoms with Gasteiger partial charge in [0.1, 0.15) is 0 Å². The quantitative estimate of drug-likeness (QED) is 0.495. The highest BCUT2D eigenvalue weighted by atomic mass is 32.1. The second-order valence-corrected chi connectivity index (χ2v) is 5.12. The Labute approximate surface area is 137 Å². The molecule has 0 saturated heterocycles. The zero-order valence-electron chi connectivity index (χ0n) is 12.2. The monoisotopic (exact) mass is 337 g/mol. The molecule has 3 nitrogen and oxygen atoms in total. The van der Waals surface area contributed by atoms with Gasteiger partial charge < -0.3 is 5.32 Å². The Kier molecular flexibility index (Phi) is 5.33. The first-order valence-corrected chi connectivity index (χ1v) is 7.11. The number of rotatable bonds is 3. The molecular formula is C16H14F3N3S. The number of hydrazone groups is 1. The van der Waals surface area contributed by atoms with Gasteiger partial charge in [0.2, 0.25) is 0 Å². The summed E-state index contributed by atoms with van der Waals surface area (Å²) in [6.07, 6.45) is -4.39. The van der Waals surface area contributed by atoms with Gasteiger partial charge >= 0.3 is 6.18 Å². The number of anilines is 1. The summed E-state index contributed by atoms with van der Waals surface area (Å²) in [5.41, 5.74) is 3.74. The van der Waals surface area contributed by atoms with Crippen LogP contribution >= 0.6 is 12.2 Å². The SMILES string of the molecule is C/C(=N/NC(=S)Nc1cccc(C(F)(F)F)c1)c1ccccc1. The van der Waals surface area contributed by atoms with Crippen molar-refractivity contribution in [2.75, 3.05) is 5.32 Å². The molecule has 0 aliphatic carbocycles. The molecule has 7 heteroatoms. The van der Waals surface area contributed by atoms with E-state index in [4.69, 9.17) is 12.2 Å². The third kappa shape index (κ3) is 5.07. The predicted molar refractivity (Wildman–Crippen MR) is 89.5 cm³/mol. The molecule has 0 fully saturated rings. The van der Waals surface area contributed by atoms with Gasteiger partial charge in [-0.05, 0) is 42.9 Å². The summed E-state index contributed by atoms with van der Waals surface area (Å²) in [7, 11) is 0. The fourth-order valence-corrected chi connectivity index (χ4v) is 1.97. The van der Waals surface area contributed by atoms with Crippen molar-refractivity contribution in [1.29, 1.82) is 0 Å². The first-order chi connectivity index (χ1) is 10.9. The van der Waals surface area contributed by atoms with Crippen LogP contribution in [0.5, 0.6) is 0 Å². The lowest BCUT2D eigenvalue weighted by Crippen LogP contribution is -2.25. The minimum atomic E-state index is -4.39. The molecule has 0 bridgehead atoms. The average Bonchev–Trinajstić information content (AvgIpc) is 2.53. The predicted octanol–water partition coefficient (Wildman–Crippen LogP) is 4.42. The van der Waals surface area contributed by atoms with E-state index >= 15 is 0 Å². The molecule has 0 amide bonds. The van der Waals surface area contributed by atoms with Crippen molar-refractivity contribution in [1.82, 2.24) is 5.43 Å². The smallest absolute Gasteiger partial charge is 0.331 e. The van der Waals surface area contributed by atoms with Crippen LogP contribution in [0.3, 0.4) is 0 Å². The minimum Gasteiger partial charge on any atom is -0.331 e. The molecule has 2 aromatic carbocycles. The topological polar surface area (TPSA) is 36.4 Å². The Morgan fingerprint density at radius 3 is 2.39 bits per heavy atom. The van der Waals surface area contributed by atoms with Crippen molar-refractivity contribution in [3.63, 3.8) is 0 Å². The summed E-state index contributed by atoms with van der Waals surface area (Å²) >= 11 is 5.03. The maximum absolute atomic E-state index is 12.6. The molecule has 0 unspecified atom stereocenters. The van der Waals surface area contributed by atoms with Gasteiger partial charge in [0.15, 0.2) is 5.11 Å². The Hall–Kier alpha value is -2.41. The van der Waals surface area contributed by atoms with Gasteiger partial charge in [-0.3, -0.25) is 5.43 Å². The van der Waals surface area contributed by atoms with Crippen LogP contribution in [0.2, 0.25) is 0 Å². The summed E-state index contributed by atoms with van der Waals surface area (Å²) in [6.45, 7) is 1.80. The normalized spacial score (nSPS) is 11.9. The Balaban J connectivity index is 2.00. The van der Waals surface area contributed by atoms with Crippen LogP contribution in [0, 0.1) is 0 Å². The molecule has 2 rings (SSSR count). The number of hydrogen-bond acceptors (Lipinski definition) is 2. The molecule has 120 valence electrons. The van der Waals surface area contributed by atoms with Crippen LogP contribution in [-0.4, -0.2) is 10.8 Å². The maximum atomic E-state index is 12.6. The Morgan fingerprint density at radius 1 is 1.04 bits per heavy atom. The standard InChI is InChI=1S/C16H14F3N3S/c1-11(12-6-3-2-4-7-12)21-22-15(23)20-14-9-5-8-13(10-14)16(17,18)19/h2-10H,1H3,(H2,20,22,23)/b21-11-. The number of hydrogen-bond donors (Lipinski definition) is 2. The molecular weight excluding hydrogens is 323 g/mol. The minimum absolute atomic E-state index is 0.111. The molecule has 2 aromatic rings. The first kappa shape index (κ1) is 17.0. The van der Waals surface area contributed by atoms with Crippen LogP contribution in [-0.2, 0) is 6.18 Å². The highest BCUT2D eigenvalue weighted by Crippen LogP contribution is 2.30. The lowest BCUT2D eigenvalue weighted by atomic mass is 10.1. The molecule has 0 radical (unpaired) electrons. The lowest BCUT2D eigenvalue weighted by molar-refractivity contribution is -0.137. The van der Waals surface area contributed by atoms with Crippen molar-refractivity contribution in [2.24, 2.45) is 5.10 Å². The van der Waals surface area contributed by atoms with Crippen LogP contribution in [0.4, 0.5) is 18.9 Å². The van der Waals surface area contributed by atoms with E-state index in [1.807, 2.05) is 30.3 Å². The molecule has 0 aliphatic heterocycles. The van der Waals surface area contributed by atoms with Crippen LogP contribution < -0.4 is 10.7 Å². The number of nitrogens with zero attached hydrogens (tertiary/aromatic N) is 1. The highest BCUT2D eigenvalue weighted by molar-refractivity contribution is 7.80. The fourth-order valence-electron chi connectivity index (χ4n) is 1.81. The van der Waals surface area contributed by atoms with Gasteiger partial charge in [0, 0.05) is 5.69 Å². The molecule has 0 heterocycles. The molecule has 0 atom stereocenters.